The van der Waals surface area contributed by atoms with Gasteiger partial charge in [-0.15, -0.1) is 0 Å². The molecule has 1 N–H and O–H groups in total. The van der Waals surface area contributed by atoms with Crippen molar-refractivity contribution < 1.29 is 18.8 Å². The summed E-state index contributed by atoms with van der Waals surface area (Å²) in [6.07, 6.45) is 0. The monoisotopic (exact) mass is 374 g/mol. The number of carbonyl (C=O) groups is 2. The highest BCUT2D eigenvalue weighted by atomic mass is 28.3. The number of ether oxygens (including phenoxy) is 1. The van der Waals surface area contributed by atoms with Gasteiger partial charge >= 0.3 is 0 Å². The van der Waals surface area contributed by atoms with Crippen LogP contribution in [0.5, 0.6) is 5.75 Å². The Morgan fingerprint density at radius 2 is 1.81 bits per heavy atom. The third-order valence-corrected chi connectivity index (χ3v) is 6.62. The summed E-state index contributed by atoms with van der Waals surface area (Å²) in [5.41, 5.74) is -0.293. The van der Waals surface area contributed by atoms with Crippen LogP contribution < -0.4 is 10.1 Å². The maximum absolute atomic E-state index is 13.0. The first kappa shape index (κ1) is 19.1. The molecule has 141 valence electrons. The quantitative estimate of drug-likeness (QED) is 0.650. The van der Waals surface area contributed by atoms with Gasteiger partial charge in [0.1, 0.15) is 12.4 Å². The molecule has 3 rings (SSSR count). The summed E-state index contributed by atoms with van der Waals surface area (Å²) in [4.78, 5) is 25.6. The van der Waals surface area contributed by atoms with Crippen molar-refractivity contribution in [3.05, 3.63) is 29.8 Å². The number of para-hydroxylation sites is 1. The van der Waals surface area contributed by atoms with Gasteiger partial charge in [0.05, 0.1) is 29.0 Å². The average Bonchev–Trinajstić information content (AvgIpc) is 2.52. The van der Waals surface area contributed by atoms with Crippen LogP contribution in [0, 0.1) is 17.3 Å². The van der Waals surface area contributed by atoms with Crippen LogP contribution in [0.4, 0.5) is 0 Å². The Kier molecular flexibility index (Phi) is 4.77. The molecule has 1 radical (unpaired) electrons. The van der Waals surface area contributed by atoms with Gasteiger partial charge in [0, 0.05) is 0 Å². The van der Waals surface area contributed by atoms with Crippen LogP contribution in [0.25, 0.3) is 0 Å². The third kappa shape index (κ3) is 2.99. The highest BCUT2D eigenvalue weighted by molar-refractivity contribution is 6.48. The molecule has 1 saturated heterocycles. The van der Waals surface area contributed by atoms with E-state index in [9.17, 15) is 9.59 Å². The molecule has 1 aromatic rings. The average molecular weight is 375 g/mol. The van der Waals surface area contributed by atoms with Gasteiger partial charge < -0.3 is 14.5 Å². The van der Waals surface area contributed by atoms with E-state index >= 15 is 0 Å². The highest BCUT2D eigenvalue weighted by Gasteiger charge is 2.60. The van der Waals surface area contributed by atoms with E-state index < -0.39 is 14.6 Å². The van der Waals surface area contributed by atoms with E-state index in [1.807, 2.05) is 25.1 Å². The number of β-lactam (4-membered cyclic amide) rings is 1. The van der Waals surface area contributed by atoms with Crippen molar-refractivity contribution in [3.63, 3.8) is 0 Å². The van der Waals surface area contributed by atoms with Crippen molar-refractivity contribution in [1.29, 1.82) is 0 Å². The number of nitrogens with one attached hydrogen (secondary N) is 1. The van der Waals surface area contributed by atoms with Crippen molar-refractivity contribution in [3.8, 4) is 5.75 Å². The van der Waals surface area contributed by atoms with Crippen molar-refractivity contribution in [2.45, 2.75) is 52.4 Å². The van der Waals surface area contributed by atoms with E-state index in [0.717, 1.165) is 0 Å². The number of hydrogen-bond donors (Lipinski definition) is 1. The third-order valence-electron chi connectivity index (χ3n) is 5.79. The molecule has 0 unspecified atom stereocenters. The van der Waals surface area contributed by atoms with E-state index in [2.05, 4.69) is 39.2 Å². The summed E-state index contributed by atoms with van der Waals surface area (Å²) < 4.78 is 12.2. The molecule has 0 spiro atoms. The standard InChI is InChI=1S/C20H28NO4Si/c1-19(2,3)20(4,25-26(5)6)15-16(21-18(15)23)13-11-24-14-10-8-7-9-12(14)17(13)22/h7-10,13,15-16H,11H2,1-6H3,(H,21,23)/t13-,15+,16+,20+/m0/s1. The molecule has 1 fully saturated rings. The summed E-state index contributed by atoms with van der Waals surface area (Å²) in [7, 11) is -1.03. The van der Waals surface area contributed by atoms with E-state index in [4.69, 9.17) is 9.16 Å². The van der Waals surface area contributed by atoms with Gasteiger partial charge in [-0.25, -0.2) is 0 Å². The van der Waals surface area contributed by atoms with Crippen LogP contribution in [0.2, 0.25) is 13.1 Å². The molecule has 5 nitrogen and oxygen atoms in total. The van der Waals surface area contributed by atoms with Crippen molar-refractivity contribution in [2.75, 3.05) is 6.61 Å². The van der Waals surface area contributed by atoms with Gasteiger partial charge in [-0.1, -0.05) is 32.9 Å². The van der Waals surface area contributed by atoms with E-state index in [1.54, 1.807) is 6.07 Å². The predicted molar refractivity (Wildman–Crippen MR) is 102 cm³/mol. The molecule has 6 heteroatoms. The van der Waals surface area contributed by atoms with Crippen LogP contribution in [0.3, 0.4) is 0 Å². The maximum atomic E-state index is 13.0. The minimum Gasteiger partial charge on any atom is -0.492 e. The predicted octanol–water partition coefficient (Wildman–Crippen LogP) is 3.07. The van der Waals surface area contributed by atoms with Gasteiger partial charge in [0.15, 0.2) is 5.78 Å². The Morgan fingerprint density at radius 3 is 2.38 bits per heavy atom. The second-order valence-electron chi connectivity index (χ2n) is 8.66. The molecule has 0 aliphatic carbocycles. The molecule has 1 aromatic carbocycles. The first-order chi connectivity index (χ1) is 12.1. The van der Waals surface area contributed by atoms with Crippen LogP contribution in [0.15, 0.2) is 24.3 Å². The molecule has 2 heterocycles. The number of ketones is 1. The number of Topliss-reactive ketones (excluding diaryl/α,β-unsaturated/α-hetero) is 1. The maximum Gasteiger partial charge on any atom is 0.228 e. The summed E-state index contributed by atoms with van der Waals surface area (Å²) in [6.45, 7) is 12.7. The number of amides is 1. The molecular formula is C20H28NO4Si. The summed E-state index contributed by atoms with van der Waals surface area (Å²) in [5.74, 6) is -0.134. The van der Waals surface area contributed by atoms with E-state index in [-0.39, 0.29) is 41.6 Å². The Hall–Kier alpha value is -1.66. The van der Waals surface area contributed by atoms with Gasteiger partial charge in [-0.2, -0.15) is 0 Å². The van der Waals surface area contributed by atoms with Gasteiger partial charge in [0.25, 0.3) is 0 Å². The highest BCUT2D eigenvalue weighted by Crippen LogP contribution is 2.47. The Labute approximate surface area is 157 Å². The molecule has 0 saturated carbocycles. The topological polar surface area (TPSA) is 64.6 Å². The lowest BCUT2D eigenvalue weighted by molar-refractivity contribution is -0.162. The zero-order valence-electron chi connectivity index (χ0n) is 16.4. The minimum absolute atomic E-state index is 0.0386. The fraction of sp³-hybridized carbons (Fsp3) is 0.600. The number of carbonyl (C=O) groups excluding carboxylic acids is 2. The fourth-order valence-corrected chi connectivity index (χ4v) is 5.24. The number of fused-ring (bicyclic) bond motifs is 1. The number of benzene rings is 1. The first-order valence-electron chi connectivity index (χ1n) is 9.12. The summed E-state index contributed by atoms with van der Waals surface area (Å²) >= 11 is 0. The smallest absolute Gasteiger partial charge is 0.228 e. The van der Waals surface area contributed by atoms with Gasteiger partial charge in [-0.05, 0) is 37.6 Å². The lowest BCUT2D eigenvalue weighted by Crippen LogP contribution is -2.73. The summed E-state index contributed by atoms with van der Waals surface area (Å²) in [5, 5.41) is 2.97. The number of hydrogen-bond acceptors (Lipinski definition) is 4. The lowest BCUT2D eigenvalue weighted by Gasteiger charge is -2.55. The largest absolute Gasteiger partial charge is 0.492 e. The minimum atomic E-state index is -1.03. The van der Waals surface area contributed by atoms with Crippen molar-refractivity contribution >= 4 is 20.7 Å². The SMILES string of the molecule is C[Si](C)O[C@](C)([C@H]1C(=O)N[C@@H]1[C@@H]1COc2ccccc2C1=O)C(C)(C)C. The molecule has 1 amide bonds. The van der Waals surface area contributed by atoms with Gasteiger partial charge in [0.2, 0.25) is 14.9 Å². The van der Waals surface area contributed by atoms with Crippen molar-refractivity contribution in [1.82, 2.24) is 5.32 Å². The molecule has 2 aliphatic rings. The molecule has 26 heavy (non-hydrogen) atoms. The zero-order valence-corrected chi connectivity index (χ0v) is 17.4. The Balaban J connectivity index is 1.92. The fourth-order valence-electron chi connectivity index (χ4n) is 3.95. The normalized spacial score (nSPS) is 27.9. The second-order valence-corrected chi connectivity index (χ2v) is 10.7. The molecule has 4 atom stereocenters. The molecule has 0 aromatic heterocycles. The van der Waals surface area contributed by atoms with Crippen molar-refractivity contribution in [2.24, 2.45) is 17.3 Å². The molecule has 2 aliphatic heterocycles. The van der Waals surface area contributed by atoms with E-state index in [1.165, 1.54) is 0 Å². The number of rotatable bonds is 4. The lowest BCUT2D eigenvalue weighted by atomic mass is 9.61. The Morgan fingerprint density at radius 1 is 1.15 bits per heavy atom. The van der Waals surface area contributed by atoms with E-state index in [0.29, 0.717) is 11.3 Å². The zero-order chi connectivity index (χ0) is 19.3. The van der Waals surface area contributed by atoms with Crippen LogP contribution in [-0.2, 0) is 9.22 Å². The van der Waals surface area contributed by atoms with Crippen LogP contribution in [-0.4, -0.2) is 39.0 Å². The molecular weight excluding hydrogens is 346 g/mol. The van der Waals surface area contributed by atoms with Crippen LogP contribution in [0.1, 0.15) is 38.1 Å². The molecule has 0 bridgehead atoms. The summed E-state index contributed by atoms with van der Waals surface area (Å²) in [6, 6.07) is 7.03. The first-order valence-corrected chi connectivity index (χ1v) is 11.5. The Bertz CT molecular complexity index is 727. The second kappa shape index (κ2) is 6.50. The van der Waals surface area contributed by atoms with Crippen LogP contribution >= 0.6 is 0 Å². The van der Waals surface area contributed by atoms with Gasteiger partial charge in [-0.3, -0.25) is 9.59 Å².